The fourth-order valence-corrected chi connectivity index (χ4v) is 4.08. The van der Waals surface area contributed by atoms with Crippen LogP contribution >= 0.6 is 0 Å². The molecule has 1 fully saturated rings. The number of hydrogen-bond acceptors (Lipinski definition) is 8. The monoisotopic (exact) mass is 495 g/mol. The Balaban J connectivity index is 1.61. The van der Waals surface area contributed by atoms with Crippen molar-refractivity contribution in [2.24, 2.45) is 0 Å². The van der Waals surface area contributed by atoms with Crippen LogP contribution in [0.15, 0.2) is 41.3 Å². The Morgan fingerprint density at radius 2 is 2.00 bits per heavy atom. The molecule has 2 N–H and O–H groups in total. The number of phenolic OH excluding ortho intramolecular Hbond substituents is 1. The average Bonchev–Trinajstić information content (AvgIpc) is 2.83. The first kappa shape index (κ1) is 25.6. The van der Waals surface area contributed by atoms with Crippen LogP contribution in [0.3, 0.4) is 0 Å². The van der Waals surface area contributed by atoms with E-state index in [0.717, 1.165) is 39.3 Å². The van der Waals surface area contributed by atoms with Crippen molar-refractivity contribution in [1.82, 2.24) is 24.8 Å². The second kappa shape index (κ2) is 11.0. The van der Waals surface area contributed by atoms with Gasteiger partial charge in [-0.05, 0) is 45.4 Å². The molecule has 0 bridgehead atoms. The first-order valence-corrected chi connectivity index (χ1v) is 12.1. The summed E-state index contributed by atoms with van der Waals surface area (Å²) in [4.78, 5) is 37.6. The van der Waals surface area contributed by atoms with Gasteiger partial charge in [-0.1, -0.05) is 12.1 Å². The fraction of sp³-hybridized carbons (Fsp3) is 0.462. The molecule has 4 rings (SSSR count). The van der Waals surface area contributed by atoms with Crippen LogP contribution in [0.2, 0.25) is 0 Å². The minimum Gasteiger partial charge on any atom is -0.508 e. The molecule has 1 aliphatic rings. The molecule has 0 aliphatic carbocycles. The van der Waals surface area contributed by atoms with E-state index in [1.165, 1.54) is 16.7 Å². The van der Waals surface area contributed by atoms with E-state index >= 15 is 0 Å². The number of amides is 1. The minimum absolute atomic E-state index is 0.0290. The first-order valence-electron chi connectivity index (χ1n) is 12.1. The Labute approximate surface area is 209 Å². The highest BCUT2D eigenvalue weighted by atomic mass is 16.5. The zero-order chi connectivity index (χ0) is 25.7. The number of phenols is 1. The Kier molecular flexibility index (Phi) is 7.85. The molecule has 0 spiro atoms. The molecule has 1 saturated heterocycles. The van der Waals surface area contributed by atoms with Gasteiger partial charge in [0.15, 0.2) is 5.65 Å². The van der Waals surface area contributed by atoms with Crippen molar-refractivity contribution in [3.63, 3.8) is 0 Å². The van der Waals surface area contributed by atoms with Gasteiger partial charge >= 0.3 is 0 Å². The van der Waals surface area contributed by atoms with Crippen molar-refractivity contribution in [2.75, 3.05) is 39.5 Å². The number of nitrogens with one attached hydrogen (secondary N) is 1. The second-order valence-electron chi connectivity index (χ2n) is 9.87. The van der Waals surface area contributed by atoms with Crippen molar-refractivity contribution in [3.8, 4) is 22.9 Å². The lowest BCUT2D eigenvalue weighted by Crippen LogP contribution is -2.43. The maximum atomic E-state index is 13.6. The van der Waals surface area contributed by atoms with Gasteiger partial charge in [-0.25, -0.2) is 9.97 Å². The standard InChI is InChI=1S/C26H33N5O5/c1-26(2,3)29-22(33)17-31-24(18-6-4-7-19(32)14-18)28-23-21(25(31)34)15-20(16-27-23)36-11-5-8-30-9-12-35-13-10-30/h4,6-7,14-16,32H,5,8-13,17H2,1-3H3,(H,29,33). The SMILES string of the molecule is CC(C)(C)NC(=O)Cn1c(-c2cccc(O)c2)nc2ncc(OCCCN3CCOCC3)cc2c1=O. The number of carbonyl (C=O) groups is 1. The van der Waals surface area contributed by atoms with Crippen molar-refractivity contribution in [3.05, 3.63) is 46.9 Å². The molecular weight excluding hydrogens is 462 g/mol. The van der Waals surface area contributed by atoms with Crippen molar-refractivity contribution in [2.45, 2.75) is 39.3 Å². The van der Waals surface area contributed by atoms with Gasteiger partial charge in [-0.2, -0.15) is 0 Å². The molecule has 3 heterocycles. The molecule has 3 aromatic rings. The van der Waals surface area contributed by atoms with Crippen LogP contribution in [0.5, 0.6) is 11.5 Å². The molecule has 1 aliphatic heterocycles. The number of nitrogens with zero attached hydrogens (tertiary/aromatic N) is 4. The molecule has 1 aromatic carbocycles. The molecule has 10 nitrogen and oxygen atoms in total. The van der Waals surface area contributed by atoms with Crippen LogP contribution in [-0.4, -0.2) is 75.4 Å². The van der Waals surface area contributed by atoms with E-state index in [-0.39, 0.29) is 35.1 Å². The molecule has 0 atom stereocenters. The Hall–Kier alpha value is -3.50. The molecule has 0 unspecified atom stereocenters. The van der Waals surface area contributed by atoms with E-state index in [1.807, 2.05) is 20.8 Å². The molecule has 192 valence electrons. The predicted octanol–water partition coefficient (Wildman–Crippen LogP) is 2.18. The highest BCUT2D eigenvalue weighted by Gasteiger charge is 2.20. The number of aromatic nitrogens is 3. The van der Waals surface area contributed by atoms with Crippen LogP contribution in [0.1, 0.15) is 27.2 Å². The smallest absolute Gasteiger partial charge is 0.263 e. The normalized spacial score (nSPS) is 14.6. The van der Waals surface area contributed by atoms with Crippen LogP contribution in [0.4, 0.5) is 0 Å². The number of fused-ring (bicyclic) bond motifs is 1. The third-order valence-electron chi connectivity index (χ3n) is 5.70. The predicted molar refractivity (Wildman–Crippen MR) is 136 cm³/mol. The van der Waals surface area contributed by atoms with Gasteiger partial charge in [0.05, 0.1) is 31.4 Å². The van der Waals surface area contributed by atoms with Crippen LogP contribution in [0.25, 0.3) is 22.4 Å². The lowest BCUT2D eigenvalue weighted by molar-refractivity contribution is -0.123. The third kappa shape index (κ3) is 6.58. The summed E-state index contributed by atoms with van der Waals surface area (Å²) in [5.74, 6) is 0.426. The van der Waals surface area contributed by atoms with Gasteiger partial charge in [0.25, 0.3) is 5.56 Å². The maximum absolute atomic E-state index is 13.6. The van der Waals surface area contributed by atoms with E-state index in [0.29, 0.717) is 17.9 Å². The number of rotatable bonds is 8. The molecule has 0 saturated carbocycles. The summed E-state index contributed by atoms with van der Waals surface area (Å²) < 4.78 is 12.5. The third-order valence-corrected chi connectivity index (χ3v) is 5.70. The zero-order valence-corrected chi connectivity index (χ0v) is 21.0. The quantitative estimate of drug-likeness (QED) is 0.457. The number of benzene rings is 1. The fourth-order valence-electron chi connectivity index (χ4n) is 4.08. The number of aromatic hydroxyl groups is 1. The zero-order valence-electron chi connectivity index (χ0n) is 21.0. The molecular formula is C26H33N5O5. The van der Waals surface area contributed by atoms with E-state index in [1.54, 1.807) is 24.4 Å². The second-order valence-corrected chi connectivity index (χ2v) is 9.87. The Bertz CT molecular complexity index is 1280. The number of morpholine rings is 1. The van der Waals surface area contributed by atoms with E-state index < -0.39 is 11.1 Å². The Morgan fingerprint density at radius 1 is 1.22 bits per heavy atom. The van der Waals surface area contributed by atoms with Crippen molar-refractivity contribution < 1.29 is 19.4 Å². The Morgan fingerprint density at radius 3 is 2.72 bits per heavy atom. The van der Waals surface area contributed by atoms with Gasteiger partial charge in [0, 0.05) is 30.7 Å². The number of carbonyl (C=O) groups excluding carboxylic acids is 1. The molecule has 36 heavy (non-hydrogen) atoms. The number of ether oxygens (including phenoxy) is 2. The largest absolute Gasteiger partial charge is 0.508 e. The van der Waals surface area contributed by atoms with Gasteiger partial charge < -0.3 is 19.9 Å². The minimum atomic E-state index is -0.458. The number of hydrogen-bond donors (Lipinski definition) is 2. The molecule has 0 radical (unpaired) electrons. The van der Waals surface area contributed by atoms with E-state index in [9.17, 15) is 14.7 Å². The summed E-state index contributed by atoms with van der Waals surface area (Å²) >= 11 is 0. The summed E-state index contributed by atoms with van der Waals surface area (Å²) in [5.41, 5.74) is -0.122. The van der Waals surface area contributed by atoms with Crippen molar-refractivity contribution in [1.29, 1.82) is 0 Å². The molecule has 2 aromatic heterocycles. The summed E-state index contributed by atoms with van der Waals surface area (Å²) in [7, 11) is 0. The van der Waals surface area contributed by atoms with Gasteiger partial charge in [0.1, 0.15) is 23.9 Å². The molecule has 10 heteroatoms. The van der Waals surface area contributed by atoms with Crippen LogP contribution < -0.4 is 15.6 Å². The van der Waals surface area contributed by atoms with Crippen LogP contribution in [0, 0.1) is 0 Å². The topological polar surface area (TPSA) is 119 Å². The van der Waals surface area contributed by atoms with Crippen LogP contribution in [-0.2, 0) is 16.1 Å². The highest BCUT2D eigenvalue weighted by molar-refractivity contribution is 5.80. The summed E-state index contributed by atoms with van der Waals surface area (Å²) in [5, 5.41) is 13.1. The average molecular weight is 496 g/mol. The van der Waals surface area contributed by atoms with Gasteiger partial charge in [-0.3, -0.25) is 19.1 Å². The maximum Gasteiger partial charge on any atom is 0.263 e. The summed E-state index contributed by atoms with van der Waals surface area (Å²) in [6, 6.07) is 8.02. The molecule has 1 amide bonds. The van der Waals surface area contributed by atoms with Crippen molar-refractivity contribution >= 4 is 16.9 Å². The van der Waals surface area contributed by atoms with Gasteiger partial charge in [-0.15, -0.1) is 0 Å². The van der Waals surface area contributed by atoms with Gasteiger partial charge in [0.2, 0.25) is 5.91 Å². The lowest BCUT2D eigenvalue weighted by atomic mass is 10.1. The summed E-state index contributed by atoms with van der Waals surface area (Å²) in [6.45, 7) is 10.1. The first-order chi connectivity index (χ1) is 17.2. The van der Waals surface area contributed by atoms with E-state index in [2.05, 4.69) is 20.2 Å². The number of pyridine rings is 1. The summed E-state index contributed by atoms with van der Waals surface area (Å²) in [6.07, 6.45) is 2.39. The lowest BCUT2D eigenvalue weighted by Gasteiger charge is -2.26. The highest BCUT2D eigenvalue weighted by Crippen LogP contribution is 2.23. The van der Waals surface area contributed by atoms with E-state index in [4.69, 9.17) is 9.47 Å².